The highest BCUT2D eigenvalue weighted by molar-refractivity contribution is 7.14. The molecular formula is C21H17ClF3N3O2S. The van der Waals surface area contributed by atoms with Gasteiger partial charge in [-0.05, 0) is 24.3 Å². The molecule has 5 nitrogen and oxygen atoms in total. The van der Waals surface area contributed by atoms with Gasteiger partial charge in [-0.15, -0.1) is 11.3 Å². The second-order valence-electron chi connectivity index (χ2n) is 6.80. The van der Waals surface area contributed by atoms with E-state index < -0.39 is 23.2 Å². The van der Waals surface area contributed by atoms with E-state index in [0.29, 0.717) is 48.3 Å². The molecule has 4 rings (SSSR count). The summed E-state index contributed by atoms with van der Waals surface area (Å²) in [7, 11) is 0. The molecule has 0 atom stereocenters. The lowest BCUT2D eigenvalue weighted by Gasteiger charge is -2.29. The smallest absolute Gasteiger partial charge is 0.378 e. The van der Waals surface area contributed by atoms with Crippen LogP contribution in [0.1, 0.15) is 15.9 Å². The normalized spacial score (nSPS) is 14.5. The van der Waals surface area contributed by atoms with E-state index in [1.807, 2.05) is 0 Å². The molecule has 1 amide bonds. The molecule has 1 aliphatic rings. The molecule has 3 aromatic rings. The molecule has 0 unspecified atom stereocenters. The summed E-state index contributed by atoms with van der Waals surface area (Å²) in [5, 5.41) is 4.83. The first kappa shape index (κ1) is 21.6. The number of morpholine rings is 1. The zero-order valence-electron chi connectivity index (χ0n) is 16.1. The van der Waals surface area contributed by atoms with Gasteiger partial charge in [0.1, 0.15) is 0 Å². The van der Waals surface area contributed by atoms with Gasteiger partial charge < -0.3 is 9.64 Å². The highest BCUT2D eigenvalue weighted by atomic mass is 35.5. The van der Waals surface area contributed by atoms with Crippen molar-refractivity contribution in [2.45, 2.75) is 6.18 Å². The Bertz CT molecular complexity index is 1100. The minimum Gasteiger partial charge on any atom is -0.378 e. The first-order valence-electron chi connectivity index (χ1n) is 9.38. The first-order chi connectivity index (χ1) is 14.8. The number of aromatic nitrogens is 1. The van der Waals surface area contributed by atoms with Crippen molar-refractivity contribution in [3.05, 3.63) is 64.0 Å². The summed E-state index contributed by atoms with van der Waals surface area (Å²) in [5.41, 5.74) is 0.162. The standard InChI is InChI=1S/C21H17ClF3N3O2S/c22-17-4-2-1-3-15(17)18-12-31-20(26-18)27-19(29)14-6-5-13(11-16(14)21(23,24)25)28-7-9-30-10-8-28/h1-6,11-12H,7-10H2,(H,26,27,29). The Hall–Kier alpha value is -2.62. The Morgan fingerprint density at radius 2 is 1.90 bits per heavy atom. The lowest BCUT2D eigenvalue weighted by molar-refractivity contribution is -0.137. The van der Waals surface area contributed by atoms with E-state index in [9.17, 15) is 18.0 Å². The van der Waals surface area contributed by atoms with Crippen LogP contribution in [0.3, 0.4) is 0 Å². The Kier molecular flexibility index (Phi) is 6.17. The van der Waals surface area contributed by atoms with Crippen LogP contribution >= 0.6 is 22.9 Å². The number of carbonyl (C=O) groups is 1. The van der Waals surface area contributed by atoms with Crippen molar-refractivity contribution in [1.29, 1.82) is 0 Å². The molecule has 2 aromatic carbocycles. The summed E-state index contributed by atoms with van der Waals surface area (Å²) in [4.78, 5) is 18.8. The number of anilines is 2. The molecule has 0 bridgehead atoms. The summed E-state index contributed by atoms with van der Waals surface area (Å²) in [6.45, 7) is 1.88. The lowest BCUT2D eigenvalue weighted by Crippen LogP contribution is -2.36. The van der Waals surface area contributed by atoms with Gasteiger partial charge in [0.2, 0.25) is 0 Å². The van der Waals surface area contributed by atoms with Crippen molar-refractivity contribution < 1.29 is 22.7 Å². The maximum Gasteiger partial charge on any atom is 0.417 e. The summed E-state index contributed by atoms with van der Waals surface area (Å²) in [6.07, 6.45) is -4.68. The summed E-state index contributed by atoms with van der Waals surface area (Å²) in [6, 6.07) is 10.8. The number of ether oxygens (including phenoxy) is 1. The molecule has 1 aromatic heterocycles. The number of benzene rings is 2. The molecule has 1 N–H and O–H groups in total. The molecule has 31 heavy (non-hydrogen) atoms. The van der Waals surface area contributed by atoms with Crippen LogP contribution in [-0.2, 0) is 10.9 Å². The average Bonchev–Trinajstić information content (AvgIpc) is 3.22. The highest BCUT2D eigenvalue weighted by Gasteiger charge is 2.36. The first-order valence-corrected chi connectivity index (χ1v) is 10.6. The van der Waals surface area contributed by atoms with Crippen LogP contribution < -0.4 is 10.2 Å². The zero-order valence-corrected chi connectivity index (χ0v) is 17.7. The molecule has 1 saturated heterocycles. The number of alkyl halides is 3. The molecule has 0 spiro atoms. The van der Waals surface area contributed by atoms with E-state index in [-0.39, 0.29) is 5.13 Å². The fourth-order valence-electron chi connectivity index (χ4n) is 3.27. The van der Waals surface area contributed by atoms with Crippen LogP contribution in [0.5, 0.6) is 0 Å². The third-order valence-corrected chi connectivity index (χ3v) is 5.89. The SMILES string of the molecule is O=C(Nc1nc(-c2ccccc2Cl)cs1)c1ccc(N2CCOCC2)cc1C(F)(F)F. The van der Waals surface area contributed by atoms with Gasteiger partial charge in [-0.25, -0.2) is 4.98 Å². The van der Waals surface area contributed by atoms with Crippen LogP contribution in [0.2, 0.25) is 5.02 Å². The van der Waals surface area contributed by atoms with Crippen molar-refractivity contribution in [1.82, 2.24) is 4.98 Å². The van der Waals surface area contributed by atoms with E-state index in [1.54, 1.807) is 34.5 Å². The third-order valence-electron chi connectivity index (χ3n) is 4.80. The summed E-state index contributed by atoms with van der Waals surface area (Å²) < 4.78 is 46.4. The Morgan fingerprint density at radius 1 is 1.16 bits per heavy atom. The van der Waals surface area contributed by atoms with E-state index in [2.05, 4.69) is 10.3 Å². The predicted molar refractivity (Wildman–Crippen MR) is 115 cm³/mol. The molecule has 1 fully saturated rings. The maximum atomic E-state index is 13.7. The van der Waals surface area contributed by atoms with Crippen molar-refractivity contribution in [3.8, 4) is 11.3 Å². The van der Waals surface area contributed by atoms with Crippen LogP contribution in [-0.4, -0.2) is 37.2 Å². The third kappa shape index (κ3) is 4.84. The van der Waals surface area contributed by atoms with Gasteiger partial charge in [0, 0.05) is 34.7 Å². The number of thiazole rings is 1. The molecule has 0 aliphatic carbocycles. The summed E-state index contributed by atoms with van der Waals surface area (Å²) in [5.74, 6) is -0.874. The Balaban J connectivity index is 1.59. The number of rotatable bonds is 4. The monoisotopic (exact) mass is 467 g/mol. The van der Waals surface area contributed by atoms with Crippen LogP contribution in [0.25, 0.3) is 11.3 Å². The van der Waals surface area contributed by atoms with Crippen molar-refractivity contribution >= 4 is 39.7 Å². The predicted octanol–water partition coefficient (Wildman–Crippen LogP) is 5.57. The van der Waals surface area contributed by atoms with E-state index in [1.165, 1.54) is 12.1 Å². The Labute approximate surface area is 185 Å². The maximum absolute atomic E-state index is 13.7. The quantitative estimate of drug-likeness (QED) is 0.545. The Morgan fingerprint density at radius 3 is 2.61 bits per heavy atom. The van der Waals surface area contributed by atoms with Crippen molar-refractivity contribution in [2.24, 2.45) is 0 Å². The van der Waals surface area contributed by atoms with Gasteiger partial charge in [-0.2, -0.15) is 13.2 Å². The number of carbonyl (C=O) groups excluding carboxylic acids is 1. The highest BCUT2D eigenvalue weighted by Crippen LogP contribution is 2.36. The van der Waals surface area contributed by atoms with Crippen LogP contribution in [0, 0.1) is 0 Å². The van der Waals surface area contributed by atoms with Gasteiger partial charge >= 0.3 is 6.18 Å². The topological polar surface area (TPSA) is 54.5 Å². The van der Waals surface area contributed by atoms with Gasteiger partial charge in [-0.1, -0.05) is 29.8 Å². The molecule has 162 valence electrons. The molecule has 10 heteroatoms. The van der Waals surface area contributed by atoms with Gasteiger partial charge in [0.15, 0.2) is 5.13 Å². The number of hydrogen-bond acceptors (Lipinski definition) is 5. The molecular weight excluding hydrogens is 451 g/mol. The molecule has 0 saturated carbocycles. The van der Waals surface area contributed by atoms with Crippen LogP contribution in [0.15, 0.2) is 47.8 Å². The second kappa shape index (κ2) is 8.86. The number of amides is 1. The second-order valence-corrected chi connectivity index (χ2v) is 8.06. The van der Waals surface area contributed by atoms with E-state index in [4.69, 9.17) is 16.3 Å². The zero-order chi connectivity index (χ0) is 22.0. The summed E-state index contributed by atoms with van der Waals surface area (Å²) >= 11 is 7.27. The number of nitrogens with zero attached hydrogens (tertiary/aromatic N) is 2. The van der Waals surface area contributed by atoms with Gasteiger partial charge in [0.05, 0.1) is 30.0 Å². The molecule has 0 radical (unpaired) electrons. The minimum atomic E-state index is -4.68. The van der Waals surface area contributed by atoms with E-state index in [0.717, 1.165) is 17.4 Å². The fraction of sp³-hybridized carbons (Fsp3) is 0.238. The lowest BCUT2D eigenvalue weighted by atomic mass is 10.0. The average molecular weight is 468 g/mol. The largest absolute Gasteiger partial charge is 0.417 e. The number of nitrogens with one attached hydrogen (secondary N) is 1. The molecule has 2 heterocycles. The fourth-order valence-corrected chi connectivity index (χ4v) is 4.21. The number of halogens is 4. The van der Waals surface area contributed by atoms with Crippen molar-refractivity contribution in [3.63, 3.8) is 0 Å². The van der Waals surface area contributed by atoms with Gasteiger partial charge in [0.25, 0.3) is 5.91 Å². The minimum absolute atomic E-state index is 0.185. The number of hydrogen-bond donors (Lipinski definition) is 1. The van der Waals surface area contributed by atoms with Gasteiger partial charge in [-0.3, -0.25) is 10.1 Å². The molecule has 1 aliphatic heterocycles. The van der Waals surface area contributed by atoms with Crippen molar-refractivity contribution in [2.75, 3.05) is 36.5 Å². The van der Waals surface area contributed by atoms with Crippen LogP contribution in [0.4, 0.5) is 24.0 Å². The van der Waals surface area contributed by atoms with E-state index >= 15 is 0 Å².